The van der Waals surface area contributed by atoms with E-state index in [1.54, 1.807) is 0 Å². The smallest absolute Gasteiger partial charge is 0.0328 e. The Kier molecular flexibility index (Phi) is 5.09. The molecule has 0 aromatic heterocycles. The van der Waals surface area contributed by atoms with Crippen molar-refractivity contribution >= 4 is 31.9 Å². The fourth-order valence-corrected chi connectivity index (χ4v) is 4.06. The summed E-state index contributed by atoms with van der Waals surface area (Å²) < 4.78 is 2.27. The third-order valence-electron chi connectivity index (χ3n) is 4.40. The van der Waals surface area contributed by atoms with E-state index >= 15 is 0 Å². The van der Waals surface area contributed by atoms with E-state index in [0.29, 0.717) is 11.6 Å². The molecule has 106 valence electrons. The highest BCUT2D eigenvalue weighted by molar-refractivity contribution is 9.11. The minimum atomic E-state index is 0.361. The van der Waals surface area contributed by atoms with Crippen molar-refractivity contribution in [3.8, 4) is 0 Å². The van der Waals surface area contributed by atoms with Crippen LogP contribution in [0.15, 0.2) is 27.1 Å². The van der Waals surface area contributed by atoms with E-state index in [-0.39, 0.29) is 0 Å². The van der Waals surface area contributed by atoms with Crippen molar-refractivity contribution in [1.82, 2.24) is 10.2 Å². The highest BCUT2D eigenvalue weighted by Crippen LogP contribution is 2.36. The molecule has 0 spiro atoms. The summed E-state index contributed by atoms with van der Waals surface area (Å²) in [6, 6.07) is 6.75. The molecule has 1 unspecified atom stereocenters. The monoisotopic (exact) mass is 388 g/mol. The minimum absolute atomic E-state index is 0.361. The summed E-state index contributed by atoms with van der Waals surface area (Å²) in [5, 5.41) is 3.70. The number of hydrogen-bond donors (Lipinski definition) is 1. The number of halogens is 2. The van der Waals surface area contributed by atoms with Crippen LogP contribution in [-0.4, -0.2) is 31.1 Å². The van der Waals surface area contributed by atoms with Gasteiger partial charge in [-0.3, -0.25) is 0 Å². The zero-order valence-corrected chi connectivity index (χ0v) is 15.0. The molecule has 19 heavy (non-hydrogen) atoms. The van der Waals surface area contributed by atoms with Gasteiger partial charge in [0, 0.05) is 27.1 Å². The molecular formula is C15H22Br2N2. The van der Waals surface area contributed by atoms with Crippen LogP contribution >= 0.6 is 31.9 Å². The van der Waals surface area contributed by atoms with Crippen molar-refractivity contribution in [2.75, 3.05) is 20.6 Å². The fraction of sp³-hybridized carbons (Fsp3) is 0.600. The van der Waals surface area contributed by atoms with E-state index in [1.807, 2.05) is 0 Å². The van der Waals surface area contributed by atoms with Gasteiger partial charge in [-0.05, 0) is 58.0 Å². The van der Waals surface area contributed by atoms with E-state index < -0.39 is 0 Å². The molecule has 0 amide bonds. The lowest BCUT2D eigenvalue weighted by Gasteiger charge is -2.48. The molecule has 1 aliphatic rings. The molecule has 0 heterocycles. The first-order valence-corrected chi connectivity index (χ1v) is 8.39. The maximum absolute atomic E-state index is 3.70. The number of nitrogens with zero attached hydrogens (tertiary/aromatic N) is 1. The molecule has 1 saturated carbocycles. The lowest BCUT2D eigenvalue weighted by Crippen LogP contribution is -2.56. The van der Waals surface area contributed by atoms with Gasteiger partial charge < -0.3 is 10.2 Å². The number of rotatable bonds is 5. The summed E-state index contributed by atoms with van der Waals surface area (Å²) in [6.07, 6.45) is 3.97. The molecule has 4 heteroatoms. The van der Waals surface area contributed by atoms with Gasteiger partial charge in [0.15, 0.2) is 0 Å². The van der Waals surface area contributed by atoms with Gasteiger partial charge in [0.1, 0.15) is 0 Å². The average Bonchev–Trinajstić information content (AvgIpc) is 2.26. The zero-order valence-electron chi connectivity index (χ0n) is 11.8. The molecule has 1 fully saturated rings. The van der Waals surface area contributed by atoms with Crippen molar-refractivity contribution in [3.05, 3.63) is 32.7 Å². The molecule has 2 rings (SSSR count). The van der Waals surface area contributed by atoms with Gasteiger partial charge in [0.05, 0.1) is 0 Å². The topological polar surface area (TPSA) is 15.3 Å². The van der Waals surface area contributed by atoms with E-state index in [2.05, 4.69) is 81.3 Å². The Bertz CT molecular complexity index is 442. The van der Waals surface area contributed by atoms with Gasteiger partial charge in [0.2, 0.25) is 0 Å². The second kappa shape index (κ2) is 6.25. The highest BCUT2D eigenvalue weighted by Gasteiger charge is 2.38. The largest absolute Gasteiger partial charge is 0.308 e. The van der Waals surface area contributed by atoms with E-state index in [4.69, 9.17) is 0 Å². The third-order valence-corrected chi connectivity index (χ3v) is 5.58. The summed E-state index contributed by atoms with van der Waals surface area (Å²) >= 11 is 7.15. The summed E-state index contributed by atoms with van der Waals surface area (Å²) in [7, 11) is 4.39. The summed E-state index contributed by atoms with van der Waals surface area (Å²) in [4.78, 5) is 2.38. The predicted molar refractivity (Wildman–Crippen MR) is 88.5 cm³/mol. The zero-order chi connectivity index (χ0) is 14.0. The van der Waals surface area contributed by atoms with Gasteiger partial charge in [-0.15, -0.1) is 0 Å². The fourth-order valence-electron chi connectivity index (χ4n) is 2.67. The Balaban J connectivity index is 1.99. The standard InChI is InChI=1S/C15H22Br2N2/c1-11(13-6-5-12(16)9-14(13)17)18-10-15(19(2)3)7-4-8-15/h5-6,9,11,18H,4,7-8,10H2,1-3H3. The summed E-state index contributed by atoms with van der Waals surface area (Å²) in [5.74, 6) is 0. The maximum Gasteiger partial charge on any atom is 0.0328 e. The average molecular weight is 390 g/mol. The van der Waals surface area contributed by atoms with Crippen LogP contribution in [0.2, 0.25) is 0 Å². The van der Waals surface area contributed by atoms with Crippen molar-refractivity contribution in [2.24, 2.45) is 0 Å². The predicted octanol–water partition coefficient (Wildman–Crippen LogP) is 4.35. The Morgan fingerprint density at radius 2 is 2.00 bits per heavy atom. The molecule has 1 aliphatic carbocycles. The van der Waals surface area contributed by atoms with Gasteiger partial charge >= 0.3 is 0 Å². The molecule has 0 aliphatic heterocycles. The van der Waals surface area contributed by atoms with Crippen LogP contribution in [-0.2, 0) is 0 Å². The quantitative estimate of drug-likeness (QED) is 0.805. The second-order valence-corrected chi connectivity index (χ2v) is 7.51. The highest BCUT2D eigenvalue weighted by atomic mass is 79.9. The van der Waals surface area contributed by atoms with Crippen LogP contribution in [0.25, 0.3) is 0 Å². The normalized spacial score (nSPS) is 19.3. The van der Waals surface area contributed by atoms with Crippen LogP contribution in [0.5, 0.6) is 0 Å². The van der Waals surface area contributed by atoms with Gasteiger partial charge in [-0.25, -0.2) is 0 Å². The Morgan fingerprint density at radius 3 is 2.47 bits per heavy atom. The van der Waals surface area contributed by atoms with Crippen molar-refractivity contribution in [3.63, 3.8) is 0 Å². The number of likely N-dealkylation sites (N-methyl/N-ethyl adjacent to an activating group) is 1. The molecule has 2 nitrogen and oxygen atoms in total. The summed E-state index contributed by atoms with van der Waals surface area (Å²) in [5.41, 5.74) is 1.69. The lowest BCUT2D eigenvalue weighted by molar-refractivity contribution is 0.0576. The van der Waals surface area contributed by atoms with E-state index in [0.717, 1.165) is 15.5 Å². The Hall–Kier alpha value is 0.1000. The van der Waals surface area contributed by atoms with E-state index in [1.165, 1.54) is 24.8 Å². The molecule has 1 aromatic rings. The van der Waals surface area contributed by atoms with Gasteiger partial charge in [-0.2, -0.15) is 0 Å². The van der Waals surface area contributed by atoms with Crippen molar-refractivity contribution in [2.45, 2.75) is 37.8 Å². The van der Waals surface area contributed by atoms with Gasteiger partial charge in [0.25, 0.3) is 0 Å². The molecule has 1 aromatic carbocycles. The molecule has 0 bridgehead atoms. The molecular weight excluding hydrogens is 368 g/mol. The molecule has 1 N–H and O–H groups in total. The van der Waals surface area contributed by atoms with Crippen LogP contribution in [0.3, 0.4) is 0 Å². The minimum Gasteiger partial charge on any atom is -0.308 e. The van der Waals surface area contributed by atoms with Crippen molar-refractivity contribution in [1.29, 1.82) is 0 Å². The second-order valence-electron chi connectivity index (χ2n) is 5.74. The van der Waals surface area contributed by atoms with Crippen molar-refractivity contribution < 1.29 is 0 Å². The van der Waals surface area contributed by atoms with Crippen LogP contribution in [0.1, 0.15) is 37.8 Å². The first-order chi connectivity index (χ1) is 8.94. The number of hydrogen-bond acceptors (Lipinski definition) is 2. The Morgan fingerprint density at radius 1 is 1.32 bits per heavy atom. The molecule has 1 atom stereocenters. The molecule has 0 radical (unpaired) electrons. The number of benzene rings is 1. The van der Waals surface area contributed by atoms with Crippen LogP contribution < -0.4 is 5.32 Å². The summed E-state index contributed by atoms with van der Waals surface area (Å²) in [6.45, 7) is 3.29. The molecule has 0 saturated heterocycles. The lowest BCUT2D eigenvalue weighted by atomic mass is 9.75. The third kappa shape index (κ3) is 3.41. The Labute approximate surface area is 133 Å². The first-order valence-electron chi connectivity index (χ1n) is 6.80. The van der Waals surface area contributed by atoms with Crippen LogP contribution in [0.4, 0.5) is 0 Å². The SMILES string of the molecule is CC(NCC1(N(C)C)CCC1)c1ccc(Br)cc1Br. The maximum atomic E-state index is 3.70. The first kappa shape index (κ1) is 15.5. The van der Waals surface area contributed by atoms with Gasteiger partial charge in [-0.1, -0.05) is 37.9 Å². The van der Waals surface area contributed by atoms with E-state index in [9.17, 15) is 0 Å². The number of nitrogens with one attached hydrogen (secondary N) is 1. The van der Waals surface area contributed by atoms with Crippen LogP contribution in [0, 0.1) is 0 Å².